The summed E-state index contributed by atoms with van der Waals surface area (Å²) >= 11 is 0. The van der Waals surface area contributed by atoms with Gasteiger partial charge in [-0.25, -0.2) is 0 Å². The topological polar surface area (TPSA) is 65.5 Å². The van der Waals surface area contributed by atoms with E-state index in [1.54, 1.807) is 0 Å². The largest absolute Gasteiger partial charge is 0.455 e. The van der Waals surface area contributed by atoms with E-state index in [9.17, 15) is 0 Å². The Morgan fingerprint density at radius 3 is 0.769 bits per heavy atom. The molecule has 0 atom stereocenters. The summed E-state index contributed by atoms with van der Waals surface area (Å²) in [4.78, 5) is 9.29. The van der Waals surface area contributed by atoms with Crippen molar-refractivity contribution in [3.63, 3.8) is 0 Å². The number of hydrogen-bond donors (Lipinski definition) is 0. The minimum atomic E-state index is 0.841. The summed E-state index contributed by atoms with van der Waals surface area (Å²) in [7, 11) is 0. The minimum absolute atomic E-state index is 0.841. The Morgan fingerprint density at radius 2 is 0.433 bits per heavy atom. The number of aryl methyl sites for hydroxylation is 10. The zero-order valence-electron chi connectivity index (χ0n) is 76.2. The summed E-state index contributed by atoms with van der Waals surface area (Å²) in [6.45, 7) is 22.0. The van der Waals surface area contributed by atoms with Gasteiger partial charge in [-0.1, -0.05) is 169 Å². The van der Waals surface area contributed by atoms with Crippen LogP contribution in [0.3, 0.4) is 0 Å². The Kier molecular flexibility index (Phi) is 18.4. The van der Waals surface area contributed by atoms with Crippen LogP contribution < -0.4 is 19.6 Å². The van der Waals surface area contributed by atoms with E-state index in [-0.39, 0.29) is 0 Å². The van der Waals surface area contributed by atoms with Crippen molar-refractivity contribution in [3.8, 4) is 22.3 Å². The molecule has 0 saturated heterocycles. The molecule has 0 fully saturated rings. The molecule has 0 radical (unpaired) electrons. The van der Waals surface area contributed by atoms with Gasteiger partial charge in [0.05, 0.1) is 0 Å². The van der Waals surface area contributed by atoms with Crippen LogP contribution >= 0.6 is 0 Å². The van der Waals surface area contributed by atoms with E-state index in [2.05, 4.69) is 465 Å². The molecule has 22 aromatic carbocycles. The van der Waals surface area contributed by atoms with E-state index < -0.39 is 0 Å². The molecule has 0 unspecified atom stereocenters. The standard InChI is InChI=1S/C70H52N2O2.C56H40N2O2/c1-41-31-43(3)65(44(4)32-41)55-39-61-68-58(38-60-54-30-28-52(36-64(54)73-69(60)61)72(49-23-15-9-16-24-49)50-25-17-10-18-26-50)56(66-45(5)33-42(2)34-46(66)6)40-62-67(68)57(55)37-59-53-29-27-51(35-63(53)74-70(59)62)71(47-19-11-7-12-20-47)48-21-13-8-14-22-48;1-33-9-5-13-39(25-33)57(40-14-6-10-34(2)26-40)43-19-23-51-47(31-43)49-29-37-17-22-46-54-38(18-21-45(53(37)54)55(49)59-51)30-50-48-32-44(20-24-52(48)60-56(46)50)58(41-15-7-11-35(3)27-41)42-16-8-12-36(4)28-42/h7-40H,1-6H3;5-32H,1-4H3. The second kappa shape index (κ2) is 31.0. The number of para-hydroxylation sites is 4. The van der Waals surface area contributed by atoms with Crippen molar-refractivity contribution in [1.82, 2.24) is 0 Å². The zero-order chi connectivity index (χ0) is 90.2. The second-order valence-corrected chi connectivity index (χ2v) is 36.9. The molecule has 0 aliphatic carbocycles. The van der Waals surface area contributed by atoms with Crippen molar-refractivity contribution in [1.29, 1.82) is 0 Å². The summed E-state index contributed by atoms with van der Waals surface area (Å²) in [5.41, 5.74) is 37.3. The van der Waals surface area contributed by atoms with E-state index in [0.717, 1.165) is 178 Å². The summed E-state index contributed by atoms with van der Waals surface area (Å²) in [6, 6.07) is 136. The summed E-state index contributed by atoms with van der Waals surface area (Å²) in [5.74, 6) is 0. The molecule has 4 aromatic heterocycles. The predicted octanol–water partition coefficient (Wildman–Crippen LogP) is 37.1. The predicted molar refractivity (Wildman–Crippen MR) is 566 cm³/mol. The monoisotopic (exact) mass is 1720 g/mol. The number of anilines is 12. The highest BCUT2D eigenvalue weighted by molar-refractivity contribution is 6.40. The average molecular weight is 1730 g/mol. The van der Waals surface area contributed by atoms with Crippen LogP contribution in [0.4, 0.5) is 68.2 Å². The van der Waals surface area contributed by atoms with Crippen molar-refractivity contribution < 1.29 is 17.7 Å². The van der Waals surface area contributed by atoms with Gasteiger partial charge in [0.2, 0.25) is 0 Å². The molecule has 8 nitrogen and oxygen atoms in total. The Hall–Kier alpha value is -16.7. The van der Waals surface area contributed by atoms with Crippen molar-refractivity contribution in [2.45, 2.75) is 69.2 Å². The van der Waals surface area contributed by atoms with Crippen molar-refractivity contribution in [2.24, 2.45) is 0 Å². The molecule has 134 heavy (non-hydrogen) atoms. The molecule has 26 aromatic rings. The number of fused-ring (bicyclic) bond motifs is 16. The van der Waals surface area contributed by atoms with Crippen LogP contribution in [0, 0.1) is 69.2 Å². The molecule has 0 saturated carbocycles. The molecule has 0 spiro atoms. The van der Waals surface area contributed by atoms with Crippen LogP contribution in [0.25, 0.3) is 175 Å². The third-order valence-corrected chi connectivity index (χ3v) is 27.7. The van der Waals surface area contributed by atoms with Gasteiger partial charge in [0.15, 0.2) is 0 Å². The molecule has 640 valence electrons. The van der Waals surface area contributed by atoms with E-state index in [0.29, 0.717) is 0 Å². The lowest BCUT2D eigenvalue weighted by molar-refractivity contribution is 0.672. The minimum Gasteiger partial charge on any atom is -0.455 e. The average Bonchev–Trinajstić information content (AvgIpc) is 1.31. The van der Waals surface area contributed by atoms with Gasteiger partial charge in [0.1, 0.15) is 44.7 Å². The van der Waals surface area contributed by atoms with Gasteiger partial charge in [0, 0.05) is 167 Å². The Morgan fingerprint density at radius 1 is 0.157 bits per heavy atom. The molecule has 0 N–H and O–H groups in total. The van der Waals surface area contributed by atoms with Crippen LogP contribution in [-0.4, -0.2) is 0 Å². The maximum absolute atomic E-state index is 7.34. The third kappa shape index (κ3) is 12.9. The fourth-order valence-electron chi connectivity index (χ4n) is 22.3. The molecule has 0 bridgehead atoms. The van der Waals surface area contributed by atoms with Gasteiger partial charge in [-0.15, -0.1) is 0 Å². The maximum atomic E-state index is 7.34. The van der Waals surface area contributed by atoms with E-state index >= 15 is 0 Å². The molecule has 0 aliphatic heterocycles. The van der Waals surface area contributed by atoms with Crippen molar-refractivity contribution in [2.75, 3.05) is 19.6 Å². The Bertz CT molecular complexity index is 8530. The molecular formula is C126H92N4O4. The summed E-state index contributed by atoms with van der Waals surface area (Å²) < 4.78 is 28.3. The molecule has 8 heteroatoms. The number of furan rings is 4. The Balaban J connectivity index is 0.000000146. The van der Waals surface area contributed by atoms with Crippen LogP contribution in [0.2, 0.25) is 0 Å². The molecule has 4 heterocycles. The highest BCUT2D eigenvalue weighted by atomic mass is 16.3. The fourth-order valence-corrected chi connectivity index (χ4v) is 22.3. The highest BCUT2D eigenvalue weighted by Gasteiger charge is 2.30. The zero-order valence-corrected chi connectivity index (χ0v) is 76.2. The number of hydrogen-bond acceptors (Lipinski definition) is 8. The van der Waals surface area contributed by atoms with Crippen molar-refractivity contribution in [3.05, 3.63) is 432 Å². The normalized spacial score (nSPS) is 12.0. The number of benzene rings is 22. The van der Waals surface area contributed by atoms with Crippen LogP contribution in [0.1, 0.15) is 55.6 Å². The van der Waals surface area contributed by atoms with E-state index in [1.807, 2.05) is 0 Å². The van der Waals surface area contributed by atoms with Crippen LogP contribution in [0.15, 0.2) is 394 Å². The number of rotatable bonds is 14. The van der Waals surface area contributed by atoms with Gasteiger partial charge in [-0.3, -0.25) is 0 Å². The lowest BCUT2D eigenvalue weighted by atomic mass is 9.81. The van der Waals surface area contributed by atoms with E-state index in [4.69, 9.17) is 17.7 Å². The quantitative estimate of drug-likeness (QED) is 0.0998. The van der Waals surface area contributed by atoms with Gasteiger partial charge < -0.3 is 37.3 Å². The van der Waals surface area contributed by atoms with Crippen LogP contribution in [0.5, 0.6) is 0 Å². The van der Waals surface area contributed by atoms with Gasteiger partial charge in [-0.2, -0.15) is 0 Å². The number of nitrogens with zero attached hydrogens (tertiary/aromatic N) is 4. The Labute approximate surface area is 775 Å². The maximum Gasteiger partial charge on any atom is 0.143 e. The fraction of sp³-hybridized carbons (Fsp3) is 0.0794. The molecule has 26 rings (SSSR count). The first kappa shape index (κ1) is 79.5. The summed E-state index contributed by atoms with van der Waals surface area (Å²) in [5, 5.41) is 22.7. The SMILES string of the molecule is Cc1cc(C)c(-c2cc3c4oc5cc(N(c6ccccc6)c6ccccc6)ccc5c4cc4c(-c5c(C)cc(C)cc5C)cc5c6oc7cc(N(c8ccccc8)c8ccccc8)ccc7c6cc2c5c43)c(C)c1.Cc1cccc(N(c2cccc(C)c2)c2ccc3oc4c(cc5ccc6c7oc8ccc(N(c9cccc(C)c9)c9cccc(C)c9)cc8c7cc7ccc4c5c76)c3c2)c1. The first-order chi connectivity index (χ1) is 65.5. The highest BCUT2D eigenvalue weighted by Crippen LogP contribution is 2.56. The molecule has 0 amide bonds. The van der Waals surface area contributed by atoms with Crippen LogP contribution in [-0.2, 0) is 0 Å². The molecular weight excluding hydrogens is 1630 g/mol. The lowest BCUT2D eigenvalue weighted by Gasteiger charge is -2.26. The van der Waals surface area contributed by atoms with Gasteiger partial charge in [-0.05, 0) is 364 Å². The first-order valence-corrected chi connectivity index (χ1v) is 46.3. The smallest absolute Gasteiger partial charge is 0.143 e. The first-order valence-electron chi connectivity index (χ1n) is 46.3. The van der Waals surface area contributed by atoms with Gasteiger partial charge in [0.25, 0.3) is 0 Å². The lowest BCUT2D eigenvalue weighted by Crippen LogP contribution is -2.10. The van der Waals surface area contributed by atoms with Gasteiger partial charge >= 0.3 is 0 Å². The van der Waals surface area contributed by atoms with Crippen molar-refractivity contribution >= 4 is 221 Å². The second-order valence-electron chi connectivity index (χ2n) is 36.9. The third-order valence-electron chi connectivity index (χ3n) is 27.7. The van der Waals surface area contributed by atoms with E-state index in [1.165, 1.54) is 121 Å². The summed E-state index contributed by atoms with van der Waals surface area (Å²) in [6.07, 6.45) is 0. The molecule has 0 aliphatic rings.